The highest BCUT2D eigenvalue weighted by Gasteiger charge is 2.02. The number of aromatic nitrogens is 1. The van der Waals surface area contributed by atoms with E-state index < -0.39 is 0 Å². The third kappa shape index (κ3) is 7.12. The summed E-state index contributed by atoms with van der Waals surface area (Å²) in [5.74, 6) is 0.498. The first-order valence-electron chi connectivity index (χ1n) is 7.85. The van der Waals surface area contributed by atoms with Gasteiger partial charge in [-0.3, -0.25) is 0 Å². The van der Waals surface area contributed by atoms with Crippen molar-refractivity contribution in [2.45, 2.75) is 33.2 Å². The molecule has 132 valence electrons. The van der Waals surface area contributed by atoms with Crippen molar-refractivity contribution in [1.82, 2.24) is 15.6 Å². The number of aliphatic imine (C=N–C) groups is 1. The highest BCUT2D eigenvalue weighted by Crippen LogP contribution is 2.10. The van der Waals surface area contributed by atoms with Crippen molar-refractivity contribution in [2.24, 2.45) is 4.99 Å². The van der Waals surface area contributed by atoms with Crippen LogP contribution in [0.5, 0.6) is 0 Å². The Morgan fingerprint density at radius 2 is 2.08 bits per heavy atom. The second kappa shape index (κ2) is 11.4. The number of nitrogens with one attached hydrogen (secondary N) is 2. The number of nitrogens with zero attached hydrogens (tertiary/aromatic N) is 2. The largest absolute Gasteiger partial charge is 0.357 e. The Morgan fingerprint density at radius 1 is 1.29 bits per heavy atom. The lowest BCUT2D eigenvalue weighted by Gasteiger charge is -2.11. The quantitative estimate of drug-likeness (QED) is 0.284. The van der Waals surface area contributed by atoms with Gasteiger partial charge in [0, 0.05) is 36.1 Å². The molecule has 0 aliphatic heterocycles. The number of halogens is 2. The number of guanidine groups is 1. The van der Waals surface area contributed by atoms with Crippen LogP contribution in [0.4, 0.5) is 4.39 Å². The molecule has 0 radical (unpaired) electrons. The molecule has 24 heavy (non-hydrogen) atoms. The van der Waals surface area contributed by atoms with Gasteiger partial charge in [-0.1, -0.05) is 18.2 Å². The summed E-state index contributed by atoms with van der Waals surface area (Å²) in [6.45, 7) is 5.93. The summed E-state index contributed by atoms with van der Waals surface area (Å²) in [4.78, 5) is 8.89. The van der Waals surface area contributed by atoms with Crippen LogP contribution >= 0.6 is 35.3 Å². The molecule has 0 fully saturated rings. The molecule has 0 saturated heterocycles. The highest BCUT2D eigenvalue weighted by molar-refractivity contribution is 14.0. The molecule has 1 heterocycles. The van der Waals surface area contributed by atoms with Crippen molar-refractivity contribution in [3.8, 4) is 0 Å². The maximum Gasteiger partial charge on any atom is 0.191 e. The van der Waals surface area contributed by atoms with Crippen LogP contribution in [0.25, 0.3) is 0 Å². The van der Waals surface area contributed by atoms with E-state index in [-0.39, 0.29) is 29.8 Å². The van der Waals surface area contributed by atoms with Crippen LogP contribution in [0.3, 0.4) is 0 Å². The van der Waals surface area contributed by atoms with E-state index in [1.54, 1.807) is 23.5 Å². The molecule has 2 N–H and O–H groups in total. The maximum atomic E-state index is 13.6. The van der Waals surface area contributed by atoms with Crippen molar-refractivity contribution in [2.75, 3.05) is 13.1 Å². The minimum Gasteiger partial charge on any atom is -0.357 e. The normalized spacial score (nSPS) is 11.0. The van der Waals surface area contributed by atoms with Crippen molar-refractivity contribution in [3.05, 3.63) is 51.7 Å². The molecular weight excluding hydrogens is 438 g/mol. The molecule has 0 aliphatic rings. The minimum atomic E-state index is -0.216. The zero-order valence-corrected chi connectivity index (χ0v) is 17.2. The second-order valence-corrected chi connectivity index (χ2v) is 6.14. The monoisotopic (exact) mass is 462 g/mol. The van der Waals surface area contributed by atoms with Gasteiger partial charge in [0.2, 0.25) is 0 Å². The summed E-state index contributed by atoms with van der Waals surface area (Å²) in [6.07, 6.45) is 1.94. The zero-order valence-electron chi connectivity index (χ0n) is 14.0. The summed E-state index contributed by atoms with van der Waals surface area (Å²) in [7, 11) is 0. The molecule has 0 bridgehead atoms. The Labute approximate surface area is 164 Å². The third-order valence-corrected chi connectivity index (χ3v) is 4.26. The Morgan fingerprint density at radius 3 is 2.75 bits per heavy atom. The fraction of sp³-hybridized carbons (Fsp3) is 0.412. The van der Waals surface area contributed by atoms with E-state index in [4.69, 9.17) is 0 Å². The smallest absolute Gasteiger partial charge is 0.191 e. The van der Waals surface area contributed by atoms with Gasteiger partial charge in [0.05, 0.1) is 11.6 Å². The molecular formula is C17H24FIN4S. The predicted octanol–water partition coefficient (Wildman–Crippen LogP) is 3.90. The fourth-order valence-corrected chi connectivity index (χ4v) is 2.91. The van der Waals surface area contributed by atoms with E-state index in [0.29, 0.717) is 18.1 Å². The van der Waals surface area contributed by atoms with Crippen molar-refractivity contribution >= 4 is 41.3 Å². The number of thiazole rings is 1. The van der Waals surface area contributed by atoms with E-state index in [1.807, 2.05) is 19.9 Å². The van der Waals surface area contributed by atoms with Gasteiger partial charge < -0.3 is 10.6 Å². The molecule has 4 nitrogen and oxygen atoms in total. The van der Waals surface area contributed by atoms with Crippen LogP contribution in [0.15, 0.2) is 34.6 Å². The van der Waals surface area contributed by atoms with E-state index in [1.165, 1.54) is 6.07 Å². The molecule has 0 amide bonds. The van der Waals surface area contributed by atoms with Gasteiger partial charge in [0.1, 0.15) is 5.82 Å². The number of hydrogen-bond donors (Lipinski definition) is 2. The average molecular weight is 462 g/mol. The Balaban J connectivity index is 0.00000288. The molecule has 2 aromatic rings. The van der Waals surface area contributed by atoms with Crippen LogP contribution in [0.2, 0.25) is 0 Å². The van der Waals surface area contributed by atoms with Crippen LogP contribution in [0, 0.1) is 12.7 Å². The lowest BCUT2D eigenvalue weighted by molar-refractivity contribution is 0.610. The van der Waals surface area contributed by atoms with Gasteiger partial charge in [-0.2, -0.15) is 0 Å². The van der Waals surface area contributed by atoms with Crippen LogP contribution < -0.4 is 10.6 Å². The van der Waals surface area contributed by atoms with Gasteiger partial charge in [0.15, 0.2) is 5.96 Å². The first-order chi connectivity index (χ1) is 11.2. The number of benzene rings is 1. The summed E-state index contributed by atoms with van der Waals surface area (Å²) in [5, 5.41) is 9.70. The molecule has 0 aliphatic carbocycles. The van der Waals surface area contributed by atoms with Crippen LogP contribution in [-0.4, -0.2) is 24.0 Å². The lowest BCUT2D eigenvalue weighted by atomic mass is 10.2. The van der Waals surface area contributed by atoms with Gasteiger partial charge in [-0.05, 0) is 26.3 Å². The number of aryl methyl sites for hydroxylation is 2. The zero-order chi connectivity index (χ0) is 16.5. The van der Waals surface area contributed by atoms with Gasteiger partial charge in [0.25, 0.3) is 0 Å². The van der Waals surface area contributed by atoms with Crippen molar-refractivity contribution in [3.63, 3.8) is 0 Å². The lowest BCUT2D eigenvalue weighted by Crippen LogP contribution is -2.37. The van der Waals surface area contributed by atoms with Crippen molar-refractivity contribution < 1.29 is 4.39 Å². The summed E-state index contributed by atoms with van der Waals surface area (Å²) in [6, 6.07) is 6.73. The number of hydrogen-bond acceptors (Lipinski definition) is 3. The molecule has 0 atom stereocenters. The van der Waals surface area contributed by atoms with Crippen LogP contribution in [-0.2, 0) is 13.0 Å². The molecule has 2 rings (SSSR count). The van der Waals surface area contributed by atoms with E-state index in [2.05, 4.69) is 26.0 Å². The summed E-state index contributed by atoms with van der Waals surface area (Å²) < 4.78 is 13.6. The standard InChI is InChI=1S/C17H23FN4S.HI/c1-3-19-17(21-11-14-7-4-5-8-15(14)18)20-10-6-9-16-22-13(2)12-23-16;/h4-5,7-8,12H,3,6,9-11H2,1-2H3,(H2,19,20,21);1H. The Kier molecular flexibility index (Phi) is 9.85. The molecule has 0 spiro atoms. The third-order valence-electron chi connectivity index (χ3n) is 3.24. The van der Waals surface area contributed by atoms with Gasteiger partial charge in [-0.25, -0.2) is 14.4 Å². The Hall–Kier alpha value is -1.22. The molecule has 0 unspecified atom stereocenters. The van der Waals surface area contributed by atoms with Crippen LogP contribution in [0.1, 0.15) is 29.6 Å². The fourth-order valence-electron chi connectivity index (χ4n) is 2.10. The highest BCUT2D eigenvalue weighted by atomic mass is 127. The molecule has 0 saturated carbocycles. The van der Waals surface area contributed by atoms with E-state index in [9.17, 15) is 4.39 Å². The molecule has 1 aromatic carbocycles. The Bertz CT molecular complexity index is 645. The second-order valence-electron chi connectivity index (χ2n) is 5.20. The maximum absolute atomic E-state index is 13.6. The van der Waals surface area contributed by atoms with E-state index >= 15 is 0 Å². The predicted molar refractivity (Wildman–Crippen MR) is 110 cm³/mol. The molecule has 7 heteroatoms. The van der Waals surface area contributed by atoms with Gasteiger partial charge >= 0.3 is 0 Å². The first-order valence-corrected chi connectivity index (χ1v) is 8.73. The average Bonchev–Trinajstić information content (AvgIpc) is 2.96. The van der Waals surface area contributed by atoms with Crippen molar-refractivity contribution in [1.29, 1.82) is 0 Å². The molecule has 1 aromatic heterocycles. The minimum absolute atomic E-state index is 0. The number of rotatable bonds is 7. The SMILES string of the molecule is CCNC(=NCc1ccccc1F)NCCCc1nc(C)cs1.I. The topological polar surface area (TPSA) is 49.3 Å². The summed E-state index contributed by atoms with van der Waals surface area (Å²) >= 11 is 1.70. The summed E-state index contributed by atoms with van der Waals surface area (Å²) in [5.41, 5.74) is 1.68. The van der Waals surface area contributed by atoms with Gasteiger partial charge in [-0.15, -0.1) is 35.3 Å². The van der Waals surface area contributed by atoms with E-state index in [0.717, 1.165) is 36.6 Å². The first kappa shape index (κ1) is 20.8.